The summed E-state index contributed by atoms with van der Waals surface area (Å²) in [7, 11) is 0. The van der Waals surface area contributed by atoms with Crippen molar-refractivity contribution >= 4 is 21.6 Å². The van der Waals surface area contributed by atoms with E-state index in [9.17, 15) is 13.2 Å². The fraction of sp³-hybridized carbons (Fsp3) is 0.385. The van der Waals surface area contributed by atoms with E-state index in [1.807, 2.05) is 4.90 Å². The van der Waals surface area contributed by atoms with Crippen LogP contribution in [0.3, 0.4) is 0 Å². The topological polar surface area (TPSA) is 15.3 Å². The second-order valence-electron chi connectivity index (χ2n) is 4.36. The smallest absolute Gasteiger partial charge is 0.362 e. The average molecular weight is 335 g/mol. The summed E-state index contributed by atoms with van der Waals surface area (Å²) in [5, 5.41) is 3.23. The maximum Gasteiger partial charge on any atom is 0.416 e. The van der Waals surface area contributed by atoms with E-state index in [0.717, 1.165) is 37.5 Å². The standard InChI is InChI=1S/C13H14BrF3N2/c1-2-10-8-18-5-6-19(10)12-4-3-9(7-11(12)14)13(15,16)17/h2-4,7,10,18H,1,5-6,8H2/t10-/m0/s1. The SMILES string of the molecule is C=C[C@H]1CNCCN1c1ccc(C(F)(F)F)cc1Br. The van der Waals surface area contributed by atoms with Crippen LogP contribution in [-0.2, 0) is 6.18 Å². The molecule has 1 saturated heterocycles. The second kappa shape index (κ2) is 5.54. The van der Waals surface area contributed by atoms with E-state index in [4.69, 9.17) is 0 Å². The van der Waals surface area contributed by atoms with Crippen molar-refractivity contribution in [2.24, 2.45) is 0 Å². The molecule has 2 nitrogen and oxygen atoms in total. The fourth-order valence-electron chi connectivity index (χ4n) is 2.15. The first-order chi connectivity index (χ1) is 8.93. The van der Waals surface area contributed by atoms with Crippen LogP contribution in [0.1, 0.15) is 5.56 Å². The van der Waals surface area contributed by atoms with E-state index in [1.54, 1.807) is 6.08 Å². The Balaban J connectivity index is 2.32. The van der Waals surface area contributed by atoms with E-state index in [-0.39, 0.29) is 6.04 Å². The molecule has 0 aliphatic carbocycles. The van der Waals surface area contributed by atoms with Gasteiger partial charge in [0.1, 0.15) is 0 Å². The van der Waals surface area contributed by atoms with E-state index < -0.39 is 11.7 Å². The lowest BCUT2D eigenvalue weighted by Crippen LogP contribution is -2.50. The van der Waals surface area contributed by atoms with Crippen molar-refractivity contribution in [3.8, 4) is 0 Å². The molecule has 0 unspecified atom stereocenters. The van der Waals surface area contributed by atoms with Gasteiger partial charge in [-0.3, -0.25) is 0 Å². The van der Waals surface area contributed by atoms with Gasteiger partial charge in [-0.25, -0.2) is 0 Å². The zero-order chi connectivity index (χ0) is 14.0. The molecule has 1 N–H and O–H groups in total. The van der Waals surface area contributed by atoms with Gasteiger partial charge in [0.25, 0.3) is 0 Å². The molecule has 6 heteroatoms. The maximum absolute atomic E-state index is 12.6. The zero-order valence-corrected chi connectivity index (χ0v) is 11.8. The number of nitrogens with zero attached hydrogens (tertiary/aromatic N) is 1. The summed E-state index contributed by atoms with van der Waals surface area (Å²) < 4.78 is 38.3. The Morgan fingerprint density at radius 2 is 2.16 bits per heavy atom. The molecule has 1 aromatic rings. The summed E-state index contributed by atoms with van der Waals surface area (Å²) in [6.45, 7) is 6.06. The summed E-state index contributed by atoms with van der Waals surface area (Å²) in [6.07, 6.45) is -2.52. The quantitative estimate of drug-likeness (QED) is 0.833. The van der Waals surface area contributed by atoms with Gasteiger partial charge in [-0.1, -0.05) is 6.08 Å². The maximum atomic E-state index is 12.6. The molecule has 2 rings (SSSR count). The predicted octanol–water partition coefficient (Wildman–Crippen LogP) is 3.43. The van der Waals surface area contributed by atoms with Crippen LogP contribution in [-0.4, -0.2) is 25.7 Å². The zero-order valence-electron chi connectivity index (χ0n) is 10.2. The lowest BCUT2D eigenvalue weighted by atomic mass is 10.1. The third-order valence-electron chi connectivity index (χ3n) is 3.14. The molecule has 1 aliphatic rings. The van der Waals surface area contributed by atoms with Crippen molar-refractivity contribution in [3.05, 3.63) is 40.9 Å². The normalized spacial score (nSPS) is 20.4. The number of hydrogen-bond donors (Lipinski definition) is 1. The van der Waals surface area contributed by atoms with Crippen LogP contribution in [0.15, 0.2) is 35.3 Å². The molecule has 0 radical (unpaired) electrons. The first-order valence-corrected chi connectivity index (χ1v) is 6.69. The van der Waals surface area contributed by atoms with Crippen molar-refractivity contribution in [1.82, 2.24) is 5.32 Å². The summed E-state index contributed by atoms with van der Waals surface area (Å²) >= 11 is 3.24. The highest BCUT2D eigenvalue weighted by Crippen LogP contribution is 2.36. The van der Waals surface area contributed by atoms with Gasteiger partial charge in [0.05, 0.1) is 17.3 Å². The van der Waals surface area contributed by atoms with Gasteiger partial charge in [-0.2, -0.15) is 13.2 Å². The second-order valence-corrected chi connectivity index (χ2v) is 5.22. The number of rotatable bonds is 2. The van der Waals surface area contributed by atoms with E-state index >= 15 is 0 Å². The Labute approximate surface area is 118 Å². The number of anilines is 1. The highest BCUT2D eigenvalue weighted by atomic mass is 79.9. The molecule has 1 aromatic carbocycles. The van der Waals surface area contributed by atoms with Crippen LogP contribution >= 0.6 is 15.9 Å². The molecule has 0 amide bonds. The van der Waals surface area contributed by atoms with Gasteiger partial charge in [0.15, 0.2) is 0 Å². The number of halogens is 4. The molecule has 1 fully saturated rings. The summed E-state index contributed by atoms with van der Waals surface area (Å²) in [4.78, 5) is 2.05. The Morgan fingerprint density at radius 1 is 1.42 bits per heavy atom. The van der Waals surface area contributed by atoms with Crippen molar-refractivity contribution in [3.63, 3.8) is 0 Å². The summed E-state index contributed by atoms with van der Waals surface area (Å²) in [5.74, 6) is 0. The Hall–Kier alpha value is -1.01. The highest BCUT2D eigenvalue weighted by molar-refractivity contribution is 9.10. The lowest BCUT2D eigenvalue weighted by Gasteiger charge is -2.37. The molecular formula is C13H14BrF3N2. The Kier molecular flexibility index (Phi) is 4.20. The molecule has 19 heavy (non-hydrogen) atoms. The number of piperazine rings is 1. The third-order valence-corrected chi connectivity index (χ3v) is 3.77. The molecule has 0 bridgehead atoms. The minimum atomic E-state index is -4.32. The minimum Gasteiger partial charge on any atom is -0.362 e. The molecule has 0 aromatic heterocycles. The van der Waals surface area contributed by atoms with Gasteiger partial charge >= 0.3 is 6.18 Å². The van der Waals surface area contributed by atoms with Gasteiger partial charge in [-0.05, 0) is 34.1 Å². The Bertz CT molecular complexity index is 473. The molecule has 0 spiro atoms. The molecule has 104 valence electrons. The number of alkyl halides is 3. The third kappa shape index (κ3) is 3.12. The lowest BCUT2D eigenvalue weighted by molar-refractivity contribution is -0.137. The van der Waals surface area contributed by atoms with Gasteiger partial charge in [0.2, 0.25) is 0 Å². The largest absolute Gasteiger partial charge is 0.416 e. The summed E-state index contributed by atoms with van der Waals surface area (Å²) in [5.41, 5.74) is 0.118. The van der Waals surface area contributed by atoms with Crippen molar-refractivity contribution in [2.45, 2.75) is 12.2 Å². The van der Waals surface area contributed by atoms with Crippen molar-refractivity contribution < 1.29 is 13.2 Å². The van der Waals surface area contributed by atoms with Crippen LogP contribution < -0.4 is 10.2 Å². The van der Waals surface area contributed by atoms with E-state index in [0.29, 0.717) is 4.47 Å². The highest BCUT2D eigenvalue weighted by Gasteiger charge is 2.31. The first-order valence-electron chi connectivity index (χ1n) is 5.90. The predicted molar refractivity (Wildman–Crippen MR) is 73.3 cm³/mol. The fourth-order valence-corrected chi connectivity index (χ4v) is 2.76. The van der Waals surface area contributed by atoms with Gasteiger partial charge < -0.3 is 10.2 Å². The van der Waals surface area contributed by atoms with Gasteiger partial charge in [0, 0.05) is 24.1 Å². The molecule has 1 heterocycles. The molecular weight excluding hydrogens is 321 g/mol. The minimum absolute atomic E-state index is 0.0850. The van der Waals surface area contributed by atoms with E-state index in [1.165, 1.54) is 6.07 Å². The number of hydrogen-bond acceptors (Lipinski definition) is 2. The monoisotopic (exact) mass is 334 g/mol. The molecule has 0 saturated carbocycles. The Morgan fingerprint density at radius 3 is 2.74 bits per heavy atom. The van der Waals surface area contributed by atoms with Crippen molar-refractivity contribution in [1.29, 1.82) is 0 Å². The van der Waals surface area contributed by atoms with Gasteiger partial charge in [-0.15, -0.1) is 6.58 Å². The van der Waals surface area contributed by atoms with Crippen LogP contribution in [0.4, 0.5) is 18.9 Å². The van der Waals surface area contributed by atoms with Crippen LogP contribution in [0, 0.1) is 0 Å². The van der Waals surface area contributed by atoms with Crippen LogP contribution in [0.25, 0.3) is 0 Å². The first kappa shape index (κ1) is 14.4. The number of nitrogens with one attached hydrogen (secondary N) is 1. The van der Waals surface area contributed by atoms with Crippen LogP contribution in [0.5, 0.6) is 0 Å². The van der Waals surface area contributed by atoms with Crippen molar-refractivity contribution in [2.75, 3.05) is 24.5 Å². The molecule has 1 aliphatic heterocycles. The number of benzene rings is 1. The summed E-state index contributed by atoms with van der Waals surface area (Å²) in [6, 6.07) is 3.83. The van der Waals surface area contributed by atoms with E-state index in [2.05, 4.69) is 27.8 Å². The average Bonchev–Trinajstić information content (AvgIpc) is 2.37. The molecule has 1 atom stereocenters. The van der Waals surface area contributed by atoms with Crippen LogP contribution in [0.2, 0.25) is 0 Å².